The number of benzene rings is 1. The maximum absolute atomic E-state index is 10.7. The Balaban J connectivity index is 3.09. The van der Waals surface area contributed by atoms with E-state index in [0.29, 0.717) is 5.69 Å². The van der Waals surface area contributed by atoms with Gasteiger partial charge in [-0.1, -0.05) is 5.92 Å². The van der Waals surface area contributed by atoms with E-state index in [1.807, 2.05) is 0 Å². The van der Waals surface area contributed by atoms with Gasteiger partial charge in [-0.05, 0) is 19.1 Å². The Bertz CT molecular complexity index is 497. The zero-order chi connectivity index (χ0) is 12.1. The van der Waals surface area contributed by atoms with Gasteiger partial charge < -0.3 is 5.32 Å². The molecule has 1 aromatic carbocycles. The van der Waals surface area contributed by atoms with Gasteiger partial charge in [-0.3, -0.25) is 10.1 Å². The number of rotatable bonds is 3. The third kappa shape index (κ3) is 2.49. The van der Waals surface area contributed by atoms with E-state index in [4.69, 9.17) is 11.7 Å². The van der Waals surface area contributed by atoms with Crippen molar-refractivity contribution >= 4 is 11.4 Å². The van der Waals surface area contributed by atoms with Crippen LogP contribution in [0.25, 0.3) is 0 Å². The molecule has 0 heterocycles. The van der Waals surface area contributed by atoms with Crippen molar-refractivity contribution in [2.24, 2.45) is 0 Å². The molecule has 5 heteroatoms. The van der Waals surface area contributed by atoms with Crippen LogP contribution in [-0.2, 0) is 0 Å². The quantitative estimate of drug-likeness (QED) is 0.474. The summed E-state index contributed by atoms with van der Waals surface area (Å²) in [6, 6.07) is 5.81. The molecule has 1 rings (SSSR count). The van der Waals surface area contributed by atoms with Crippen LogP contribution in [0.4, 0.5) is 11.4 Å². The SMILES string of the molecule is C#CC(C)Nc1ccc(C#N)c([N+](=O)[O-])c1. The van der Waals surface area contributed by atoms with Crippen LogP contribution in [0.5, 0.6) is 0 Å². The molecule has 0 aromatic heterocycles. The van der Waals surface area contributed by atoms with Crippen molar-refractivity contribution < 1.29 is 4.92 Å². The van der Waals surface area contributed by atoms with Crippen molar-refractivity contribution in [3.05, 3.63) is 33.9 Å². The summed E-state index contributed by atoms with van der Waals surface area (Å²) in [4.78, 5) is 10.1. The predicted octanol–water partition coefficient (Wildman–Crippen LogP) is 1.90. The summed E-state index contributed by atoms with van der Waals surface area (Å²) in [5, 5.41) is 22.2. The van der Waals surface area contributed by atoms with Crippen molar-refractivity contribution in [3.8, 4) is 18.4 Å². The number of nitro groups is 1. The number of hydrogen-bond acceptors (Lipinski definition) is 4. The molecule has 0 spiro atoms. The maximum atomic E-state index is 10.7. The lowest BCUT2D eigenvalue weighted by molar-refractivity contribution is -0.385. The number of hydrogen-bond donors (Lipinski definition) is 1. The lowest BCUT2D eigenvalue weighted by Gasteiger charge is -2.08. The van der Waals surface area contributed by atoms with E-state index in [-0.39, 0.29) is 17.3 Å². The van der Waals surface area contributed by atoms with Gasteiger partial charge in [0.15, 0.2) is 0 Å². The summed E-state index contributed by atoms with van der Waals surface area (Å²) < 4.78 is 0. The normalized spacial score (nSPS) is 10.9. The van der Waals surface area contributed by atoms with Gasteiger partial charge in [0.1, 0.15) is 11.6 Å². The molecule has 0 radical (unpaired) electrons. The smallest absolute Gasteiger partial charge is 0.289 e. The van der Waals surface area contributed by atoms with E-state index in [1.165, 1.54) is 12.1 Å². The van der Waals surface area contributed by atoms with Crippen LogP contribution in [0, 0.1) is 33.8 Å². The first-order valence-corrected chi connectivity index (χ1v) is 4.49. The van der Waals surface area contributed by atoms with E-state index in [9.17, 15) is 10.1 Å². The van der Waals surface area contributed by atoms with Crippen LogP contribution >= 0.6 is 0 Å². The van der Waals surface area contributed by atoms with Crippen LogP contribution in [0.15, 0.2) is 18.2 Å². The summed E-state index contributed by atoms with van der Waals surface area (Å²) in [6.07, 6.45) is 5.18. The second kappa shape index (κ2) is 4.81. The van der Waals surface area contributed by atoms with Gasteiger partial charge >= 0.3 is 0 Å². The second-order valence-corrected chi connectivity index (χ2v) is 3.13. The van der Waals surface area contributed by atoms with Crippen molar-refractivity contribution in [3.63, 3.8) is 0 Å². The van der Waals surface area contributed by atoms with Crippen molar-refractivity contribution in [2.75, 3.05) is 5.32 Å². The fraction of sp³-hybridized carbons (Fsp3) is 0.182. The molecule has 0 amide bonds. The monoisotopic (exact) mass is 215 g/mol. The minimum absolute atomic E-state index is 0.0314. The molecular formula is C11H9N3O2. The molecular weight excluding hydrogens is 206 g/mol. The largest absolute Gasteiger partial charge is 0.372 e. The van der Waals surface area contributed by atoms with Gasteiger partial charge in [0.2, 0.25) is 0 Å². The molecule has 1 unspecified atom stereocenters. The van der Waals surface area contributed by atoms with Gasteiger partial charge in [-0.25, -0.2) is 0 Å². The van der Waals surface area contributed by atoms with Crippen LogP contribution in [0.2, 0.25) is 0 Å². The van der Waals surface area contributed by atoms with Crippen molar-refractivity contribution in [1.82, 2.24) is 0 Å². The topological polar surface area (TPSA) is 79.0 Å². The van der Waals surface area contributed by atoms with Gasteiger partial charge in [0.25, 0.3) is 5.69 Å². The molecule has 0 aliphatic heterocycles. The van der Waals surface area contributed by atoms with Crippen molar-refractivity contribution in [1.29, 1.82) is 5.26 Å². The Morgan fingerprint density at radius 1 is 1.62 bits per heavy atom. The number of nitro benzene ring substituents is 1. The van der Waals surface area contributed by atoms with Crippen LogP contribution in [0.3, 0.4) is 0 Å². The van der Waals surface area contributed by atoms with Gasteiger partial charge in [0, 0.05) is 11.8 Å². The van der Waals surface area contributed by atoms with Crippen molar-refractivity contribution in [2.45, 2.75) is 13.0 Å². The Kier molecular flexibility index (Phi) is 3.47. The summed E-state index contributed by atoms with van der Waals surface area (Å²) in [6.45, 7) is 1.75. The molecule has 0 aliphatic rings. The summed E-state index contributed by atoms with van der Waals surface area (Å²) >= 11 is 0. The van der Waals surface area contributed by atoms with Gasteiger partial charge in [-0.2, -0.15) is 5.26 Å². The molecule has 0 saturated carbocycles. The number of terminal acetylenes is 1. The Labute approximate surface area is 92.9 Å². The molecule has 16 heavy (non-hydrogen) atoms. The highest BCUT2D eigenvalue weighted by molar-refractivity contribution is 5.59. The summed E-state index contributed by atoms with van der Waals surface area (Å²) in [5.41, 5.74) is 0.330. The zero-order valence-corrected chi connectivity index (χ0v) is 8.60. The molecule has 0 fully saturated rings. The van der Waals surface area contributed by atoms with E-state index >= 15 is 0 Å². The number of nitrogens with zero attached hydrogens (tertiary/aromatic N) is 2. The molecule has 80 valence electrons. The summed E-state index contributed by atoms with van der Waals surface area (Å²) in [7, 11) is 0. The zero-order valence-electron chi connectivity index (χ0n) is 8.60. The third-order valence-electron chi connectivity index (χ3n) is 1.95. The Morgan fingerprint density at radius 2 is 2.31 bits per heavy atom. The average molecular weight is 215 g/mol. The first kappa shape index (κ1) is 11.5. The minimum atomic E-state index is -0.593. The Morgan fingerprint density at radius 3 is 2.81 bits per heavy atom. The first-order chi connectivity index (χ1) is 7.58. The molecule has 1 atom stereocenters. The lowest BCUT2D eigenvalue weighted by Crippen LogP contribution is -2.12. The minimum Gasteiger partial charge on any atom is -0.372 e. The van der Waals surface area contributed by atoms with Crippen LogP contribution in [-0.4, -0.2) is 11.0 Å². The number of nitrogens with one attached hydrogen (secondary N) is 1. The molecule has 1 aromatic rings. The molecule has 0 bridgehead atoms. The predicted molar refractivity (Wildman–Crippen MR) is 59.7 cm³/mol. The number of anilines is 1. The standard InChI is InChI=1S/C11H9N3O2/c1-3-8(2)13-10-5-4-9(7-12)11(6-10)14(15)16/h1,4-6,8,13H,2H3. The first-order valence-electron chi connectivity index (χ1n) is 4.49. The Hall–Kier alpha value is -2.53. The van der Waals surface area contributed by atoms with E-state index in [1.54, 1.807) is 19.1 Å². The van der Waals surface area contributed by atoms with Crippen LogP contribution < -0.4 is 5.32 Å². The van der Waals surface area contributed by atoms with E-state index in [2.05, 4.69) is 11.2 Å². The average Bonchev–Trinajstić information content (AvgIpc) is 2.28. The third-order valence-corrected chi connectivity index (χ3v) is 1.95. The highest BCUT2D eigenvalue weighted by atomic mass is 16.6. The maximum Gasteiger partial charge on any atom is 0.289 e. The van der Waals surface area contributed by atoms with E-state index in [0.717, 1.165) is 0 Å². The fourth-order valence-electron chi connectivity index (χ4n) is 1.16. The van der Waals surface area contributed by atoms with E-state index < -0.39 is 4.92 Å². The molecule has 1 N–H and O–H groups in total. The molecule has 0 aliphatic carbocycles. The second-order valence-electron chi connectivity index (χ2n) is 3.13. The van der Waals surface area contributed by atoms with Crippen LogP contribution in [0.1, 0.15) is 12.5 Å². The number of nitriles is 1. The fourth-order valence-corrected chi connectivity index (χ4v) is 1.16. The molecule has 5 nitrogen and oxygen atoms in total. The summed E-state index contributed by atoms with van der Waals surface area (Å²) in [5.74, 6) is 2.44. The highest BCUT2D eigenvalue weighted by Gasteiger charge is 2.14. The lowest BCUT2D eigenvalue weighted by atomic mass is 10.1. The molecule has 0 saturated heterocycles. The van der Waals surface area contributed by atoms with Gasteiger partial charge in [-0.15, -0.1) is 6.42 Å². The highest BCUT2D eigenvalue weighted by Crippen LogP contribution is 2.22. The van der Waals surface area contributed by atoms with Gasteiger partial charge in [0.05, 0.1) is 11.0 Å².